The number of anilines is 2. The standard InChI is InChI=1S/C24H25N3O5S2/c1-30-19-10-16(11-20(31-2)22(19)32-3)27-12-15(9-21(27)28)23(29)26-24-25-18(13-34-24)14-5-7-17(33-4)8-6-14/h5-8,10-11,13,15H,9,12H2,1-4H3,(H,25,26,29). The van der Waals surface area contributed by atoms with Gasteiger partial charge >= 0.3 is 0 Å². The molecular formula is C24H25N3O5S2. The van der Waals surface area contributed by atoms with Crippen LogP contribution in [0.15, 0.2) is 46.7 Å². The Labute approximate surface area is 206 Å². The van der Waals surface area contributed by atoms with E-state index in [0.29, 0.717) is 28.1 Å². The van der Waals surface area contributed by atoms with Crippen LogP contribution in [0.1, 0.15) is 6.42 Å². The van der Waals surface area contributed by atoms with Gasteiger partial charge in [-0.05, 0) is 18.4 Å². The molecule has 3 aromatic rings. The van der Waals surface area contributed by atoms with Crippen molar-refractivity contribution in [3.8, 4) is 28.5 Å². The summed E-state index contributed by atoms with van der Waals surface area (Å²) in [4.78, 5) is 33.0. The molecule has 1 saturated heterocycles. The Balaban J connectivity index is 1.46. The second-order valence-corrected chi connectivity index (χ2v) is 9.28. The molecule has 1 aliphatic rings. The van der Waals surface area contributed by atoms with Crippen LogP contribution < -0.4 is 24.4 Å². The molecule has 2 amide bonds. The van der Waals surface area contributed by atoms with Gasteiger partial charge in [0.25, 0.3) is 0 Å². The summed E-state index contributed by atoms with van der Waals surface area (Å²) in [5.41, 5.74) is 2.37. The maximum atomic E-state index is 12.9. The van der Waals surface area contributed by atoms with Crippen molar-refractivity contribution in [3.63, 3.8) is 0 Å². The molecule has 0 saturated carbocycles. The number of rotatable bonds is 8. The minimum Gasteiger partial charge on any atom is -0.493 e. The molecule has 1 fully saturated rings. The number of benzene rings is 2. The number of carbonyl (C=O) groups is 2. The molecule has 178 valence electrons. The van der Waals surface area contributed by atoms with E-state index >= 15 is 0 Å². The van der Waals surface area contributed by atoms with E-state index in [2.05, 4.69) is 10.3 Å². The highest BCUT2D eigenvalue weighted by Crippen LogP contribution is 2.42. The summed E-state index contributed by atoms with van der Waals surface area (Å²) in [5, 5.41) is 5.28. The van der Waals surface area contributed by atoms with Gasteiger partial charge in [-0.3, -0.25) is 9.59 Å². The van der Waals surface area contributed by atoms with E-state index in [1.807, 2.05) is 35.9 Å². The predicted molar refractivity (Wildman–Crippen MR) is 135 cm³/mol. The molecule has 0 aliphatic carbocycles. The monoisotopic (exact) mass is 499 g/mol. The zero-order valence-electron chi connectivity index (χ0n) is 19.3. The lowest BCUT2D eigenvalue weighted by atomic mass is 10.1. The summed E-state index contributed by atoms with van der Waals surface area (Å²) >= 11 is 3.04. The Hall–Kier alpha value is -3.24. The summed E-state index contributed by atoms with van der Waals surface area (Å²) in [5.74, 6) is 0.444. The van der Waals surface area contributed by atoms with Crippen molar-refractivity contribution in [2.45, 2.75) is 11.3 Å². The van der Waals surface area contributed by atoms with Crippen LogP contribution in [0.2, 0.25) is 0 Å². The second kappa shape index (κ2) is 10.4. The highest BCUT2D eigenvalue weighted by molar-refractivity contribution is 7.98. The lowest BCUT2D eigenvalue weighted by molar-refractivity contribution is -0.122. The number of aromatic nitrogens is 1. The fraction of sp³-hybridized carbons (Fsp3) is 0.292. The van der Waals surface area contributed by atoms with Gasteiger partial charge in [0, 0.05) is 40.9 Å². The maximum absolute atomic E-state index is 12.9. The summed E-state index contributed by atoms with van der Waals surface area (Å²) in [6.45, 7) is 0.248. The molecule has 0 bridgehead atoms. The fourth-order valence-electron chi connectivity index (χ4n) is 3.79. The summed E-state index contributed by atoms with van der Waals surface area (Å²) in [6, 6.07) is 11.5. The summed E-state index contributed by atoms with van der Waals surface area (Å²) < 4.78 is 16.1. The highest BCUT2D eigenvalue weighted by Gasteiger charge is 2.36. The van der Waals surface area contributed by atoms with Gasteiger partial charge in [-0.25, -0.2) is 4.98 Å². The van der Waals surface area contributed by atoms with Crippen molar-refractivity contribution in [3.05, 3.63) is 41.8 Å². The molecule has 1 atom stereocenters. The van der Waals surface area contributed by atoms with E-state index in [4.69, 9.17) is 14.2 Å². The molecule has 1 aromatic heterocycles. The van der Waals surface area contributed by atoms with Crippen LogP contribution in [0.3, 0.4) is 0 Å². The molecule has 4 rings (SSSR count). The molecule has 0 radical (unpaired) electrons. The highest BCUT2D eigenvalue weighted by atomic mass is 32.2. The number of nitrogens with zero attached hydrogens (tertiary/aromatic N) is 2. The Morgan fingerprint density at radius 2 is 1.79 bits per heavy atom. The number of carbonyl (C=O) groups excluding carboxylic acids is 2. The third-order valence-corrected chi connectivity index (χ3v) is 7.08. The summed E-state index contributed by atoms with van der Waals surface area (Å²) in [6.07, 6.45) is 2.14. The van der Waals surface area contributed by atoms with E-state index in [1.54, 1.807) is 28.8 Å². The largest absolute Gasteiger partial charge is 0.493 e. The second-order valence-electron chi connectivity index (χ2n) is 7.54. The first-order chi connectivity index (χ1) is 16.5. The number of hydrogen-bond acceptors (Lipinski definition) is 8. The van der Waals surface area contributed by atoms with Crippen LogP contribution in [0, 0.1) is 5.92 Å². The van der Waals surface area contributed by atoms with Gasteiger partial charge in [0.15, 0.2) is 16.6 Å². The normalized spacial score (nSPS) is 15.4. The zero-order valence-corrected chi connectivity index (χ0v) is 20.9. The number of hydrogen-bond donors (Lipinski definition) is 1. The van der Waals surface area contributed by atoms with Crippen molar-refractivity contribution in [1.29, 1.82) is 0 Å². The summed E-state index contributed by atoms with van der Waals surface area (Å²) in [7, 11) is 4.55. The minimum absolute atomic E-state index is 0.108. The topological polar surface area (TPSA) is 90.0 Å². The van der Waals surface area contributed by atoms with Crippen LogP contribution in [0.5, 0.6) is 17.2 Å². The molecule has 0 spiro atoms. The van der Waals surface area contributed by atoms with Gasteiger partial charge in [-0.1, -0.05) is 12.1 Å². The van der Waals surface area contributed by atoms with Gasteiger partial charge in [0.2, 0.25) is 17.6 Å². The minimum atomic E-state index is -0.500. The van der Waals surface area contributed by atoms with Gasteiger partial charge < -0.3 is 24.4 Å². The quantitative estimate of drug-likeness (QED) is 0.455. The number of nitrogens with one attached hydrogen (secondary N) is 1. The Morgan fingerprint density at radius 3 is 2.38 bits per heavy atom. The number of ether oxygens (including phenoxy) is 3. The smallest absolute Gasteiger partial charge is 0.231 e. The molecule has 2 heterocycles. The number of thiazole rings is 1. The zero-order chi connectivity index (χ0) is 24.2. The van der Waals surface area contributed by atoms with Gasteiger partial charge in [0.05, 0.1) is 38.6 Å². The molecule has 34 heavy (non-hydrogen) atoms. The predicted octanol–water partition coefficient (Wildman–Crippen LogP) is 4.55. The fourth-order valence-corrected chi connectivity index (χ4v) is 4.92. The molecule has 1 aliphatic heterocycles. The Morgan fingerprint density at radius 1 is 1.12 bits per heavy atom. The van der Waals surface area contributed by atoms with Crippen LogP contribution in [-0.4, -0.2) is 50.9 Å². The van der Waals surface area contributed by atoms with Crippen LogP contribution in [-0.2, 0) is 9.59 Å². The third-order valence-electron chi connectivity index (χ3n) is 5.58. The SMILES string of the molecule is COc1cc(N2CC(C(=O)Nc3nc(-c4ccc(SC)cc4)cs3)CC2=O)cc(OC)c1OC. The first-order valence-electron chi connectivity index (χ1n) is 10.5. The third kappa shape index (κ3) is 4.83. The Bertz CT molecular complexity index is 1170. The van der Waals surface area contributed by atoms with E-state index < -0.39 is 5.92 Å². The molecular weight excluding hydrogens is 474 g/mol. The van der Waals surface area contributed by atoms with Gasteiger partial charge in [-0.15, -0.1) is 23.1 Å². The number of thioether (sulfide) groups is 1. The van der Waals surface area contributed by atoms with E-state index in [9.17, 15) is 9.59 Å². The van der Waals surface area contributed by atoms with Crippen molar-refractivity contribution in [2.24, 2.45) is 5.92 Å². The Kier molecular flexibility index (Phi) is 7.28. The van der Waals surface area contributed by atoms with E-state index in [0.717, 1.165) is 11.3 Å². The van der Waals surface area contributed by atoms with E-state index in [-0.39, 0.29) is 24.8 Å². The molecule has 1 N–H and O–H groups in total. The number of amides is 2. The number of methoxy groups -OCH3 is 3. The van der Waals surface area contributed by atoms with E-state index in [1.165, 1.54) is 37.6 Å². The van der Waals surface area contributed by atoms with Crippen LogP contribution in [0.25, 0.3) is 11.3 Å². The van der Waals surface area contributed by atoms with Gasteiger partial charge in [0.1, 0.15) is 0 Å². The molecule has 1 unspecified atom stereocenters. The van der Waals surface area contributed by atoms with Crippen molar-refractivity contribution < 1.29 is 23.8 Å². The van der Waals surface area contributed by atoms with Crippen molar-refractivity contribution >= 4 is 45.7 Å². The maximum Gasteiger partial charge on any atom is 0.231 e. The lowest BCUT2D eigenvalue weighted by Crippen LogP contribution is -2.28. The molecule has 8 nitrogen and oxygen atoms in total. The molecule has 2 aromatic carbocycles. The van der Waals surface area contributed by atoms with Crippen LogP contribution >= 0.6 is 23.1 Å². The lowest BCUT2D eigenvalue weighted by Gasteiger charge is -2.20. The molecule has 10 heteroatoms. The first-order valence-corrected chi connectivity index (χ1v) is 12.6. The average Bonchev–Trinajstić information content (AvgIpc) is 3.49. The first kappa shape index (κ1) is 23.9. The van der Waals surface area contributed by atoms with Crippen LogP contribution in [0.4, 0.5) is 10.8 Å². The van der Waals surface area contributed by atoms with Crippen molar-refractivity contribution in [2.75, 3.05) is 44.3 Å². The average molecular weight is 500 g/mol. The van der Waals surface area contributed by atoms with Gasteiger partial charge in [-0.2, -0.15) is 0 Å². The van der Waals surface area contributed by atoms with Crippen molar-refractivity contribution in [1.82, 2.24) is 4.98 Å².